The smallest absolute Gasteiger partial charge is 0.224 e. The second-order valence-corrected chi connectivity index (χ2v) is 8.22. The Hall–Kier alpha value is -2.86. The number of benzene rings is 2. The fraction of sp³-hybridized carbons (Fsp3) is 0.318. The molecule has 1 saturated carbocycles. The summed E-state index contributed by atoms with van der Waals surface area (Å²) in [7, 11) is 0. The molecule has 2 N–H and O–H groups in total. The number of nitrogens with zero attached hydrogens (tertiary/aromatic N) is 2. The molecule has 0 bridgehead atoms. The van der Waals surface area contributed by atoms with Gasteiger partial charge in [-0.1, -0.05) is 41.9 Å². The minimum atomic E-state index is -0.398. The van der Waals surface area contributed by atoms with Crippen molar-refractivity contribution in [2.75, 3.05) is 6.61 Å². The van der Waals surface area contributed by atoms with Crippen LogP contribution in [0.5, 0.6) is 5.75 Å². The molecule has 1 fully saturated rings. The van der Waals surface area contributed by atoms with Crippen LogP contribution in [-0.4, -0.2) is 27.7 Å². The van der Waals surface area contributed by atoms with Crippen molar-refractivity contribution in [3.05, 3.63) is 76.3 Å². The van der Waals surface area contributed by atoms with E-state index in [-0.39, 0.29) is 17.2 Å². The fourth-order valence-electron chi connectivity index (χ4n) is 4.39. The number of aromatic amines is 1. The Labute approximate surface area is 173 Å². The molecular formula is C22H21ClN4O2. The van der Waals surface area contributed by atoms with E-state index in [9.17, 15) is 4.79 Å². The lowest BCUT2D eigenvalue weighted by Gasteiger charge is -2.27. The van der Waals surface area contributed by atoms with Crippen molar-refractivity contribution in [1.29, 1.82) is 0 Å². The summed E-state index contributed by atoms with van der Waals surface area (Å²) >= 11 is 6.23. The van der Waals surface area contributed by atoms with E-state index in [0.717, 1.165) is 29.7 Å². The summed E-state index contributed by atoms with van der Waals surface area (Å²) in [5.74, 6) is 2.00. The number of carbonyl (C=O) groups excluding carboxylic acids is 1. The number of nitrogens with one attached hydrogen (secondary N) is 2. The normalized spacial score (nSPS) is 23.2. The molecule has 1 amide bonds. The number of ether oxygens (including phenoxy) is 1. The number of halogens is 1. The molecule has 5 rings (SSSR count). The first-order valence-electron chi connectivity index (χ1n) is 9.74. The number of H-pyrrole nitrogens is 1. The number of aryl methyl sites for hydroxylation is 1. The second kappa shape index (κ2) is 6.88. The molecule has 1 aromatic heterocycles. The van der Waals surface area contributed by atoms with Crippen LogP contribution >= 0.6 is 11.6 Å². The van der Waals surface area contributed by atoms with Gasteiger partial charge >= 0.3 is 0 Å². The number of hydrogen-bond donors (Lipinski definition) is 2. The molecule has 3 atom stereocenters. The minimum absolute atomic E-state index is 0.00846. The van der Waals surface area contributed by atoms with Gasteiger partial charge < -0.3 is 10.1 Å². The first-order valence-corrected chi connectivity index (χ1v) is 10.1. The standard InChI is InChI=1S/C22H21ClN4O2/c1-13-24-20(27-26-13)19(14-5-3-2-4-6-14)25-21(28)17-12-22(17)9-10-29-18-8-7-15(23)11-16(18)22/h2-8,11,17,19H,9-10,12H2,1H3,(H,25,28)(H,24,26,27)/t17-,19-,22-/m0/s1. The van der Waals surface area contributed by atoms with Crippen LogP contribution in [0.2, 0.25) is 5.02 Å². The first-order chi connectivity index (χ1) is 14.1. The van der Waals surface area contributed by atoms with Crippen LogP contribution in [0, 0.1) is 12.8 Å². The molecular weight excluding hydrogens is 388 g/mol. The van der Waals surface area contributed by atoms with E-state index in [2.05, 4.69) is 20.5 Å². The van der Waals surface area contributed by atoms with Crippen molar-refractivity contribution < 1.29 is 9.53 Å². The highest BCUT2D eigenvalue weighted by Gasteiger charge is 2.61. The van der Waals surface area contributed by atoms with E-state index in [1.165, 1.54) is 0 Å². The Balaban J connectivity index is 1.42. The maximum Gasteiger partial charge on any atom is 0.224 e. The van der Waals surface area contributed by atoms with E-state index in [4.69, 9.17) is 16.3 Å². The number of aromatic nitrogens is 3. The minimum Gasteiger partial charge on any atom is -0.493 e. The predicted molar refractivity (Wildman–Crippen MR) is 109 cm³/mol. The Morgan fingerprint density at radius 3 is 2.90 bits per heavy atom. The Morgan fingerprint density at radius 1 is 1.31 bits per heavy atom. The lowest BCUT2D eigenvalue weighted by atomic mass is 9.87. The third kappa shape index (κ3) is 3.17. The predicted octanol–water partition coefficient (Wildman–Crippen LogP) is 3.71. The molecule has 2 aromatic carbocycles. The van der Waals surface area contributed by atoms with Crippen molar-refractivity contribution in [1.82, 2.24) is 20.5 Å². The van der Waals surface area contributed by atoms with Gasteiger partial charge in [-0.25, -0.2) is 4.98 Å². The number of fused-ring (bicyclic) bond motifs is 2. The van der Waals surface area contributed by atoms with Gasteiger partial charge in [-0.2, -0.15) is 5.10 Å². The third-order valence-corrected chi connectivity index (χ3v) is 6.20. The highest BCUT2D eigenvalue weighted by atomic mass is 35.5. The monoisotopic (exact) mass is 408 g/mol. The Bertz CT molecular complexity index is 1070. The van der Waals surface area contributed by atoms with E-state index in [0.29, 0.717) is 23.3 Å². The molecule has 2 heterocycles. The van der Waals surface area contributed by atoms with Gasteiger partial charge in [-0.05, 0) is 43.5 Å². The lowest BCUT2D eigenvalue weighted by molar-refractivity contribution is -0.123. The molecule has 0 saturated heterocycles. The van der Waals surface area contributed by atoms with Gasteiger partial charge in [-0.15, -0.1) is 0 Å². The molecule has 1 aliphatic carbocycles. The number of amides is 1. The van der Waals surface area contributed by atoms with Crippen molar-refractivity contribution in [2.45, 2.75) is 31.2 Å². The largest absolute Gasteiger partial charge is 0.493 e. The van der Waals surface area contributed by atoms with Crippen LogP contribution in [0.1, 0.15) is 41.7 Å². The van der Waals surface area contributed by atoms with Crippen LogP contribution in [0.4, 0.5) is 0 Å². The van der Waals surface area contributed by atoms with E-state index in [1.54, 1.807) is 0 Å². The average Bonchev–Trinajstić information content (AvgIpc) is 3.29. The summed E-state index contributed by atoms with van der Waals surface area (Å²) in [6.45, 7) is 2.46. The van der Waals surface area contributed by atoms with Gasteiger partial charge in [0, 0.05) is 21.9 Å². The zero-order valence-corrected chi connectivity index (χ0v) is 16.7. The molecule has 0 unspecified atom stereocenters. The summed E-state index contributed by atoms with van der Waals surface area (Å²) in [4.78, 5) is 17.7. The van der Waals surface area contributed by atoms with Crippen molar-refractivity contribution in [3.8, 4) is 5.75 Å². The Morgan fingerprint density at radius 2 is 2.14 bits per heavy atom. The topological polar surface area (TPSA) is 79.9 Å². The molecule has 148 valence electrons. The van der Waals surface area contributed by atoms with E-state index < -0.39 is 6.04 Å². The summed E-state index contributed by atoms with van der Waals surface area (Å²) in [6, 6.07) is 15.1. The molecule has 29 heavy (non-hydrogen) atoms. The maximum absolute atomic E-state index is 13.3. The number of rotatable bonds is 4. The van der Waals surface area contributed by atoms with Gasteiger partial charge in [0.25, 0.3) is 0 Å². The average molecular weight is 409 g/mol. The fourth-order valence-corrected chi connectivity index (χ4v) is 4.56. The summed E-state index contributed by atoms with van der Waals surface area (Å²) in [6.07, 6.45) is 1.61. The molecule has 6 nitrogen and oxygen atoms in total. The number of carbonyl (C=O) groups is 1. The van der Waals surface area contributed by atoms with Crippen LogP contribution in [0.3, 0.4) is 0 Å². The molecule has 3 aromatic rings. The van der Waals surface area contributed by atoms with Crippen molar-refractivity contribution in [2.24, 2.45) is 5.92 Å². The van der Waals surface area contributed by atoms with Crippen LogP contribution in [0.25, 0.3) is 0 Å². The zero-order chi connectivity index (χ0) is 20.0. The SMILES string of the molecule is Cc1nc([C@@H](NC(=O)[C@@H]2C[C@]23CCOc2ccc(Cl)cc23)c2ccccc2)n[nH]1. The molecule has 7 heteroatoms. The van der Waals surface area contributed by atoms with Gasteiger partial charge in [0.05, 0.1) is 6.61 Å². The molecule has 2 aliphatic rings. The highest BCUT2D eigenvalue weighted by Crippen LogP contribution is 2.61. The molecule has 1 aliphatic heterocycles. The van der Waals surface area contributed by atoms with Gasteiger partial charge in [0.1, 0.15) is 17.6 Å². The molecule has 0 radical (unpaired) electrons. The Kier molecular flexibility index (Phi) is 4.32. The van der Waals surface area contributed by atoms with Crippen LogP contribution in [-0.2, 0) is 10.2 Å². The van der Waals surface area contributed by atoms with E-state index in [1.807, 2.05) is 55.5 Å². The highest BCUT2D eigenvalue weighted by molar-refractivity contribution is 6.30. The molecule has 1 spiro atoms. The van der Waals surface area contributed by atoms with Crippen molar-refractivity contribution in [3.63, 3.8) is 0 Å². The maximum atomic E-state index is 13.3. The number of hydrogen-bond acceptors (Lipinski definition) is 4. The summed E-state index contributed by atoms with van der Waals surface area (Å²) in [5, 5.41) is 11.0. The summed E-state index contributed by atoms with van der Waals surface area (Å²) in [5.41, 5.74) is 1.80. The van der Waals surface area contributed by atoms with E-state index >= 15 is 0 Å². The van der Waals surface area contributed by atoms with Crippen LogP contribution < -0.4 is 10.1 Å². The summed E-state index contributed by atoms with van der Waals surface area (Å²) < 4.78 is 5.79. The quantitative estimate of drug-likeness (QED) is 0.689. The zero-order valence-electron chi connectivity index (χ0n) is 16.0. The van der Waals surface area contributed by atoms with Gasteiger partial charge in [0.15, 0.2) is 5.82 Å². The van der Waals surface area contributed by atoms with Gasteiger partial charge in [-0.3, -0.25) is 9.89 Å². The second-order valence-electron chi connectivity index (χ2n) is 7.78. The first kappa shape index (κ1) is 18.2. The van der Waals surface area contributed by atoms with Crippen LogP contribution in [0.15, 0.2) is 48.5 Å². The lowest BCUT2D eigenvalue weighted by Crippen LogP contribution is -2.34. The van der Waals surface area contributed by atoms with Crippen molar-refractivity contribution >= 4 is 17.5 Å². The van der Waals surface area contributed by atoms with Gasteiger partial charge in [0.2, 0.25) is 5.91 Å². The third-order valence-electron chi connectivity index (χ3n) is 5.97.